The number of aromatic nitrogens is 2. The quantitative estimate of drug-likeness (QED) is 0.621. The van der Waals surface area contributed by atoms with Gasteiger partial charge in [-0.1, -0.05) is 12.8 Å². The van der Waals surface area contributed by atoms with E-state index in [4.69, 9.17) is 5.84 Å². The molecule has 1 aromatic heterocycles. The summed E-state index contributed by atoms with van der Waals surface area (Å²) in [4.78, 5) is 7.03. The molecule has 5 nitrogen and oxygen atoms in total. The molecule has 1 saturated heterocycles. The number of hydrogen-bond acceptors (Lipinski definition) is 4. The van der Waals surface area contributed by atoms with Crippen LogP contribution >= 0.6 is 0 Å². The summed E-state index contributed by atoms with van der Waals surface area (Å²) < 4.78 is 2.09. The van der Waals surface area contributed by atoms with Crippen molar-refractivity contribution in [1.82, 2.24) is 19.9 Å². The van der Waals surface area contributed by atoms with Gasteiger partial charge in [0, 0.05) is 37.4 Å². The number of nitrogens with zero attached hydrogens (tertiary/aromatic N) is 3. The van der Waals surface area contributed by atoms with Gasteiger partial charge in [-0.15, -0.1) is 0 Å². The molecule has 0 saturated carbocycles. The highest BCUT2D eigenvalue weighted by Gasteiger charge is 2.34. The molecule has 1 aromatic rings. The molecule has 0 aliphatic carbocycles. The fourth-order valence-corrected chi connectivity index (χ4v) is 3.42. The van der Waals surface area contributed by atoms with Gasteiger partial charge in [0.15, 0.2) is 0 Å². The van der Waals surface area contributed by atoms with Crippen molar-refractivity contribution in [2.75, 3.05) is 13.1 Å². The summed E-state index contributed by atoms with van der Waals surface area (Å²) in [6.07, 6.45) is 11.2. The van der Waals surface area contributed by atoms with Crippen molar-refractivity contribution >= 4 is 0 Å². The van der Waals surface area contributed by atoms with Crippen LogP contribution in [0.2, 0.25) is 0 Å². The van der Waals surface area contributed by atoms with E-state index < -0.39 is 0 Å². The minimum Gasteiger partial charge on any atom is -0.338 e. The molecule has 2 rings (SSSR count). The average molecular weight is 293 g/mol. The Labute approximate surface area is 128 Å². The minimum absolute atomic E-state index is 0.0737. The predicted octanol–water partition coefficient (Wildman–Crippen LogP) is 1.84. The van der Waals surface area contributed by atoms with Crippen LogP contribution in [-0.2, 0) is 13.5 Å². The number of nitrogens with two attached hydrogens (primary N) is 1. The van der Waals surface area contributed by atoms with E-state index in [-0.39, 0.29) is 11.6 Å². The number of aryl methyl sites for hydroxylation is 2. The molecule has 3 N–H and O–H groups in total. The number of nitrogens with one attached hydrogen (secondary N) is 1. The van der Waals surface area contributed by atoms with Crippen molar-refractivity contribution in [2.45, 2.75) is 64.0 Å². The molecule has 0 aromatic carbocycles. The third-order valence-electron chi connectivity index (χ3n) is 5.05. The van der Waals surface area contributed by atoms with E-state index in [0.29, 0.717) is 0 Å². The molecule has 1 aliphatic rings. The first-order chi connectivity index (χ1) is 10.1. The molecule has 0 amide bonds. The maximum absolute atomic E-state index is 5.88. The Kier molecular flexibility index (Phi) is 5.79. The summed E-state index contributed by atoms with van der Waals surface area (Å²) >= 11 is 0. The standard InChI is InChI=1S/C16H31N5/c1-16(2,21-11-6-4-5-7-12-21)14(19-17)8-9-15-18-10-13-20(15)3/h10,13-14,19H,4-9,11-12,17H2,1-3H3. The zero-order valence-electron chi connectivity index (χ0n) is 13.8. The Morgan fingerprint density at radius 2 is 1.95 bits per heavy atom. The second-order valence-corrected chi connectivity index (χ2v) is 6.77. The molecule has 1 unspecified atom stereocenters. The van der Waals surface area contributed by atoms with Gasteiger partial charge in [-0.05, 0) is 46.2 Å². The van der Waals surface area contributed by atoms with Crippen LogP contribution < -0.4 is 11.3 Å². The molecule has 0 bridgehead atoms. The van der Waals surface area contributed by atoms with E-state index in [0.717, 1.165) is 18.7 Å². The van der Waals surface area contributed by atoms with Gasteiger partial charge < -0.3 is 4.57 Å². The van der Waals surface area contributed by atoms with Crippen LogP contribution in [0.15, 0.2) is 12.4 Å². The second-order valence-electron chi connectivity index (χ2n) is 6.77. The molecular weight excluding hydrogens is 262 g/mol. The van der Waals surface area contributed by atoms with Gasteiger partial charge in [-0.3, -0.25) is 16.2 Å². The van der Waals surface area contributed by atoms with Crippen LogP contribution in [0, 0.1) is 0 Å². The lowest BCUT2D eigenvalue weighted by Gasteiger charge is -2.43. The largest absolute Gasteiger partial charge is 0.338 e. The van der Waals surface area contributed by atoms with Gasteiger partial charge >= 0.3 is 0 Å². The summed E-state index contributed by atoms with van der Waals surface area (Å²) in [5.41, 5.74) is 3.14. The number of hydrazine groups is 1. The summed E-state index contributed by atoms with van der Waals surface area (Å²) in [7, 11) is 2.05. The first kappa shape index (κ1) is 16.5. The average Bonchev–Trinajstić information content (AvgIpc) is 2.70. The highest BCUT2D eigenvalue weighted by molar-refractivity contribution is 4.97. The smallest absolute Gasteiger partial charge is 0.108 e. The summed E-state index contributed by atoms with van der Waals surface area (Å²) in [5, 5.41) is 0. The molecule has 5 heteroatoms. The third kappa shape index (κ3) is 4.05. The Balaban J connectivity index is 1.98. The van der Waals surface area contributed by atoms with Gasteiger partial charge in [0.05, 0.1) is 0 Å². The number of hydrogen-bond donors (Lipinski definition) is 2. The summed E-state index contributed by atoms with van der Waals surface area (Å²) in [6.45, 7) is 7.02. The molecule has 21 heavy (non-hydrogen) atoms. The molecule has 1 aliphatic heterocycles. The second kappa shape index (κ2) is 7.38. The van der Waals surface area contributed by atoms with Crippen molar-refractivity contribution in [3.05, 3.63) is 18.2 Å². The Bertz CT molecular complexity index is 418. The van der Waals surface area contributed by atoms with Crippen molar-refractivity contribution in [3.63, 3.8) is 0 Å². The maximum atomic E-state index is 5.88. The number of imidazole rings is 1. The molecule has 120 valence electrons. The Hall–Kier alpha value is -0.910. The van der Waals surface area contributed by atoms with Gasteiger partial charge in [0.1, 0.15) is 5.82 Å². The Morgan fingerprint density at radius 3 is 2.48 bits per heavy atom. The van der Waals surface area contributed by atoms with E-state index in [1.54, 1.807) is 0 Å². The summed E-state index contributed by atoms with van der Waals surface area (Å²) in [5.74, 6) is 7.01. The number of rotatable bonds is 6. The first-order valence-corrected chi connectivity index (χ1v) is 8.23. The molecule has 1 fully saturated rings. The van der Waals surface area contributed by atoms with Crippen LogP contribution in [0.4, 0.5) is 0 Å². The monoisotopic (exact) mass is 293 g/mol. The van der Waals surface area contributed by atoms with Crippen LogP contribution in [0.1, 0.15) is 51.8 Å². The molecule has 0 radical (unpaired) electrons. The topological polar surface area (TPSA) is 59.1 Å². The van der Waals surface area contributed by atoms with Gasteiger partial charge in [-0.2, -0.15) is 0 Å². The fraction of sp³-hybridized carbons (Fsp3) is 0.812. The first-order valence-electron chi connectivity index (χ1n) is 8.23. The van der Waals surface area contributed by atoms with Gasteiger partial charge in [0.25, 0.3) is 0 Å². The fourth-order valence-electron chi connectivity index (χ4n) is 3.42. The maximum Gasteiger partial charge on any atom is 0.108 e. The highest BCUT2D eigenvalue weighted by atomic mass is 15.3. The van der Waals surface area contributed by atoms with Gasteiger partial charge in [0.2, 0.25) is 0 Å². The van der Waals surface area contributed by atoms with E-state index in [9.17, 15) is 0 Å². The van der Waals surface area contributed by atoms with Crippen molar-refractivity contribution < 1.29 is 0 Å². The third-order valence-corrected chi connectivity index (χ3v) is 5.05. The summed E-state index contributed by atoms with van der Waals surface area (Å²) in [6, 6.07) is 0.271. The van der Waals surface area contributed by atoms with Crippen molar-refractivity contribution in [1.29, 1.82) is 0 Å². The normalized spacial score (nSPS) is 19.4. The van der Waals surface area contributed by atoms with Crippen LogP contribution in [0.5, 0.6) is 0 Å². The van der Waals surface area contributed by atoms with Gasteiger partial charge in [-0.25, -0.2) is 4.98 Å². The van der Waals surface area contributed by atoms with E-state index in [1.807, 2.05) is 19.4 Å². The predicted molar refractivity (Wildman–Crippen MR) is 86.8 cm³/mol. The highest BCUT2D eigenvalue weighted by Crippen LogP contribution is 2.25. The molecule has 0 spiro atoms. The van der Waals surface area contributed by atoms with Crippen molar-refractivity contribution in [2.24, 2.45) is 12.9 Å². The zero-order chi connectivity index (χ0) is 15.3. The molecule has 2 heterocycles. The van der Waals surface area contributed by atoms with E-state index in [1.165, 1.54) is 38.8 Å². The van der Waals surface area contributed by atoms with Crippen molar-refractivity contribution in [3.8, 4) is 0 Å². The van der Waals surface area contributed by atoms with Crippen LogP contribution in [-0.4, -0.2) is 39.1 Å². The van der Waals surface area contributed by atoms with E-state index in [2.05, 4.69) is 33.7 Å². The van der Waals surface area contributed by atoms with Crippen LogP contribution in [0.3, 0.4) is 0 Å². The molecule has 1 atom stereocenters. The molecular formula is C16H31N5. The lowest BCUT2D eigenvalue weighted by Crippen LogP contribution is -2.59. The van der Waals surface area contributed by atoms with E-state index >= 15 is 0 Å². The SMILES string of the molecule is Cn1ccnc1CCC(NN)C(C)(C)N1CCCCCC1. The number of likely N-dealkylation sites (tertiary alicyclic amines) is 1. The zero-order valence-corrected chi connectivity index (χ0v) is 13.8. The lowest BCUT2D eigenvalue weighted by molar-refractivity contribution is 0.0799. The minimum atomic E-state index is 0.0737. The Morgan fingerprint density at radius 1 is 1.29 bits per heavy atom. The van der Waals surface area contributed by atoms with Crippen LogP contribution in [0.25, 0.3) is 0 Å². The lowest BCUT2D eigenvalue weighted by atomic mass is 9.89.